The van der Waals surface area contributed by atoms with E-state index in [1.807, 2.05) is 0 Å². The standard InChI is InChI=1S/C14H9Cl2FN2O/c15-9-3-1-2-8(13(9)17)12(16)7-4-5-10-11(6-7)19-14(20)18-10/h1-6,12H,(H2,18,19,20). The van der Waals surface area contributed by atoms with E-state index < -0.39 is 11.2 Å². The molecule has 0 saturated carbocycles. The number of benzene rings is 2. The van der Waals surface area contributed by atoms with Gasteiger partial charge in [-0.3, -0.25) is 0 Å². The Labute approximate surface area is 123 Å². The van der Waals surface area contributed by atoms with Crippen LogP contribution in [0.25, 0.3) is 11.0 Å². The summed E-state index contributed by atoms with van der Waals surface area (Å²) in [5.41, 5.74) is 1.99. The highest BCUT2D eigenvalue weighted by Crippen LogP contribution is 2.33. The summed E-state index contributed by atoms with van der Waals surface area (Å²) in [6.07, 6.45) is 0. The first-order chi connectivity index (χ1) is 9.56. The lowest BCUT2D eigenvalue weighted by molar-refractivity contribution is 0.613. The molecule has 20 heavy (non-hydrogen) atoms. The molecule has 1 unspecified atom stereocenters. The lowest BCUT2D eigenvalue weighted by Gasteiger charge is -2.12. The molecule has 3 nitrogen and oxygen atoms in total. The van der Waals surface area contributed by atoms with Crippen LogP contribution in [0.2, 0.25) is 5.02 Å². The molecule has 3 aromatic rings. The number of aromatic nitrogens is 2. The minimum absolute atomic E-state index is 0.0317. The summed E-state index contributed by atoms with van der Waals surface area (Å²) in [5, 5.41) is -0.652. The van der Waals surface area contributed by atoms with Gasteiger partial charge in [0.1, 0.15) is 5.82 Å². The summed E-state index contributed by atoms with van der Waals surface area (Å²) in [7, 11) is 0. The van der Waals surface area contributed by atoms with Gasteiger partial charge < -0.3 is 9.97 Å². The molecule has 0 aliphatic carbocycles. The second kappa shape index (κ2) is 4.96. The van der Waals surface area contributed by atoms with Crippen LogP contribution in [0.5, 0.6) is 0 Å². The summed E-state index contributed by atoms with van der Waals surface area (Å²) >= 11 is 12.1. The normalized spacial score (nSPS) is 12.8. The van der Waals surface area contributed by atoms with Crippen LogP contribution in [0.15, 0.2) is 41.2 Å². The zero-order valence-electron chi connectivity index (χ0n) is 10.1. The van der Waals surface area contributed by atoms with Crippen LogP contribution in [0.1, 0.15) is 16.5 Å². The Morgan fingerprint density at radius 1 is 1.10 bits per heavy atom. The van der Waals surface area contributed by atoms with Crippen molar-refractivity contribution in [3.8, 4) is 0 Å². The maximum atomic E-state index is 14.0. The topological polar surface area (TPSA) is 48.6 Å². The zero-order chi connectivity index (χ0) is 14.3. The predicted molar refractivity (Wildman–Crippen MR) is 78.0 cm³/mol. The van der Waals surface area contributed by atoms with Crippen LogP contribution in [-0.4, -0.2) is 9.97 Å². The lowest BCUT2D eigenvalue weighted by atomic mass is 10.0. The van der Waals surface area contributed by atoms with Crippen molar-refractivity contribution in [3.63, 3.8) is 0 Å². The summed E-state index contributed by atoms with van der Waals surface area (Å²) in [6.45, 7) is 0. The number of hydrogen-bond donors (Lipinski definition) is 2. The molecular weight excluding hydrogens is 302 g/mol. The van der Waals surface area contributed by atoms with E-state index in [9.17, 15) is 9.18 Å². The monoisotopic (exact) mass is 310 g/mol. The van der Waals surface area contributed by atoms with E-state index in [0.29, 0.717) is 22.2 Å². The van der Waals surface area contributed by atoms with Gasteiger partial charge in [-0.05, 0) is 23.8 Å². The van der Waals surface area contributed by atoms with E-state index in [4.69, 9.17) is 23.2 Å². The van der Waals surface area contributed by atoms with Crippen LogP contribution in [0.4, 0.5) is 4.39 Å². The first kappa shape index (κ1) is 13.2. The fourth-order valence-corrected chi connectivity index (χ4v) is 2.59. The number of H-pyrrole nitrogens is 2. The fourth-order valence-electron chi connectivity index (χ4n) is 2.10. The predicted octanol–water partition coefficient (Wildman–Crippen LogP) is 3.98. The highest BCUT2D eigenvalue weighted by molar-refractivity contribution is 6.31. The van der Waals surface area contributed by atoms with Gasteiger partial charge in [0.15, 0.2) is 0 Å². The molecular formula is C14H9Cl2FN2O. The molecule has 0 amide bonds. The molecule has 0 aliphatic heterocycles. The number of alkyl halides is 1. The van der Waals surface area contributed by atoms with Crippen molar-refractivity contribution in [2.45, 2.75) is 5.38 Å². The van der Waals surface area contributed by atoms with E-state index in [1.165, 1.54) is 6.07 Å². The Hall–Kier alpha value is -1.78. The van der Waals surface area contributed by atoms with Crippen molar-refractivity contribution >= 4 is 34.2 Å². The van der Waals surface area contributed by atoms with E-state index in [0.717, 1.165) is 0 Å². The summed E-state index contributed by atoms with van der Waals surface area (Å²) in [5.74, 6) is -0.531. The molecule has 3 rings (SSSR count). The highest BCUT2D eigenvalue weighted by Gasteiger charge is 2.17. The smallest absolute Gasteiger partial charge is 0.306 e. The van der Waals surface area contributed by atoms with Gasteiger partial charge in [-0.15, -0.1) is 11.6 Å². The zero-order valence-corrected chi connectivity index (χ0v) is 11.6. The molecule has 0 fully saturated rings. The molecule has 1 atom stereocenters. The van der Waals surface area contributed by atoms with Crippen molar-refractivity contribution < 1.29 is 4.39 Å². The molecule has 0 radical (unpaired) electrons. The highest BCUT2D eigenvalue weighted by atomic mass is 35.5. The van der Waals surface area contributed by atoms with Gasteiger partial charge in [0.05, 0.1) is 21.4 Å². The van der Waals surface area contributed by atoms with Crippen LogP contribution >= 0.6 is 23.2 Å². The molecule has 102 valence electrons. The van der Waals surface area contributed by atoms with Gasteiger partial charge in [0, 0.05) is 5.56 Å². The summed E-state index contributed by atoms with van der Waals surface area (Å²) in [6, 6.07) is 9.88. The molecule has 0 aliphatic rings. The number of halogens is 3. The van der Waals surface area contributed by atoms with Crippen LogP contribution in [0, 0.1) is 5.82 Å². The average Bonchev–Trinajstić information content (AvgIpc) is 2.80. The molecule has 2 N–H and O–H groups in total. The van der Waals surface area contributed by atoms with Gasteiger partial charge in [-0.25, -0.2) is 9.18 Å². The maximum Gasteiger partial charge on any atom is 0.323 e. The third-order valence-corrected chi connectivity index (χ3v) is 3.87. The maximum absolute atomic E-state index is 14.0. The van der Waals surface area contributed by atoms with Crippen LogP contribution in [0.3, 0.4) is 0 Å². The van der Waals surface area contributed by atoms with Crippen molar-refractivity contribution in [1.82, 2.24) is 9.97 Å². The molecule has 6 heteroatoms. The van der Waals surface area contributed by atoms with Gasteiger partial charge in [-0.1, -0.05) is 29.8 Å². The molecule has 0 saturated heterocycles. The SMILES string of the molecule is O=c1[nH]c2ccc(C(Cl)c3cccc(Cl)c3F)cc2[nH]1. The van der Waals surface area contributed by atoms with Crippen molar-refractivity contribution in [1.29, 1.82) is 0 Å². The van der Waals surface area contributed by atoms with Gasteiger partial charge in [-0.2, -0.15) is 0 Å². The lowest BCUT2D eigenvalue weighted by Crippen LogP contribution is -1.99. The van der Waals surface area contributed by atoms with Gasteiger partial charge in [0.25, 0.3) is 0 Å². The number of aromatic amines is 2. The second-order valence-electron chi connectivity index (χ2n) is 4.39. The average molecular weight is 311 g/mol. The number of fused-ring (bicyclic) bond motifs is 1. The Kier molecular flexibility index (Phi) is 3.28. The van der Waals surface area contributed by atoms with Gasteiger partial charge >= 0.3 is 5.69 Å². The third kappa shape index (κ3) is 2.21. The van der Waals surface area contributed by atoms with Crippen molar-refractivity contribution in [2.75, 3.05) is 0 Å². The Morgan fingerprint density at radius 2 is 1.85 bits per heavy atom. The molecule has 1 aromatic heterocycles. The summed E-state index contributed by atoms with van der Waals surface area (Å²) in [4.78, 5) is 16.5. The quantitative estimate of drug-likeness (QED) is 0.691. The number of nitrogens with one attached hydrogen (secondary N) is 2. The fraction of sp³-hybridized carbons (Fsp3) is 0.0714. The number of hydrogen-bond acceptors (Lipinski definition) is 1. The molecule has 1 heterocycles. The Morgan fingerprint density at radius 3 is 2.65 bits per heavy atom. The second-order valence-corrected chi connectivity index (χ2v) is 5.23. The molecule has 0 bridgehead atoms. The molecule has 2 aromatic carbocycles. The summed E-state index contributed by atoms with van der Waals surface area (Å²) < 4.78 is 14.0. The minimum Gasteiger partial charge on any atom is -0.306 e. The van der Waals surface area contributed by atoms with Crippen LogP contribution in [-0.2, 0) is 0 Å². The van der Waals surface area contributed by atoms with Crippen LogP contribution < -0.4 is 5.69 Å². The Bertz CT molecular complexity index is 841. The first-order valence-corrected chi connectivity index (χ1v) is 6.67. The van der Waals surface area contributed by atoms with E-state index >= 15 is 0 Å². The van der Waals surface area contributed by atoms with Crippen molar-refractivity contribution in [2.24, 2.45) is 0 Å². The number of imidazole rings is 1. The van der Waals surface area contributed by atoms with Crippen molar-refractivity contribution in [3.05, 3.63) is 68.8 Å². The first-order valence-electron chi connectivity index (χ1n) is 5.86. The van der Waals surface area contributed by atoms with E-state index in [-0.39, 0.29) is 10.7 Å². The minimum atomic E-state index is -0.684. The van der Waals surface area contributed by atoms with E-state index in [2.05, 4.69) is 9.97 Å². The third-order valence-electron chi connectivity index (χ3n) is 3.09. The Balaban J connectivity index is 2.09. The largest absolute Gasteiger partial charge is 0.323 e. The number of rotatable bonds is 2. The van der Waals surface area contributed by atoms with Gasteiger partial charge in [0.2, 0.25) is 0 Å². The van der Waals surface area contributed by atoms with E-state index in [1.54, 1.807) is 30.3 Å². The molecule has 0 spiro atoms.